The van der Waals surface area contributed by atoms with E-state index in [1.807, 2.05) is 0 Å². The lowest BCUT2D eigenvalue weighted by atomic mass is 9.99. The third kappa shape index (κ3) is 3.54. The van der Waals surface area contributed by atoms with E-state index in [-0.39, 0.29) is 11.4 Å². The van der Waals surface area contributed by atoms with Gasteiger partial charge in [-0.3, -0.25) is 5.32 Å². The molecule has 3 rings (SSSR count). The van der Waals surface area contributed by atoms with Crippen molar-refractivity contribution in [3.05, 3.63) is 59.0 Å². The zero-order valence-electron chi connectivity index (χ0n) is 14.7. The number of carbonyl (C=O) groups excluding carboxylic acids is 1. The fourth-order valence-electron chi connectivity index (χ4n) is 2.63. The summed E-state index contributed by atoms with van der Waals surface area (Å²) < 4.78 is 10.6. The van der Waals surface area contributed by atoms with Gasteiger partial charge in [0.15, 0.2) is 0 Å². The number of anilines is 1. The Balaban J connectivity index is 2.24. The van der Waals surface area contributed by atoms with Gasteiger partial charge >= 0.3 is 11.7 Å². The minimum absolute atomic E-state index is 0.0181. The zero-order chi connectivity index (χ0) is 18.9. The Labute approximate surface area is 150 Å². The zero-order valence-corrected chi connectivity index (χ0v) is 14.7. The average Bonchev–Trinajstić information content (AvgIpc) is 2.55. The number of hydrogen-bond acceptors (Lipinski definition) is 5. The van der Waals surface area contributed by atoms with E-state index in [0.717, 1.165) is 0 Å². The molecule has 0 saturated heterocycles. The molecular weight excluding hydrogens is 334 g/mol. The molecule has 2 N–H and O–H groups in total. The molecule has 6 heteroatoms. The molecule has 0 aliphatic heterocycles. The first-order chi connectivity index (χ1) is 12.3. The van der Waals surface area contributed by atoms with E-state index in [1.165, 1.54) is 6.07 Å². The van der Waals surface area contributed by atoms with Gasteiger partial charge in [-0.05, 0) is 32.9 Å². The second kappa shape index (κ2) is 6.55. The molecule has 134 valence electrons. The van der Waals surface area contributed by atoms with Crippen LogP contribution in [0.3, 0.4) is 0 Å². The van der Waals surface area contributed by atoms with E-state index in [9.17, 15) is 14.7 Å². The van der Waals surface area contributed by atoms with Crippen molar-refractivity contribution in [3.63, 3.8) is 0 Å². The largest absolute Gasteiger partial charge is 0.507 e. The van der Waals surface area contributed by atoms with E-state index in [4.69, 9.17) is 9.15 Å². The Bertz CT molecular complexity index is 1030. The predicted molar refractivity (Wildman–Crippen MR) is 99.4 cm³/mol. The van der Waals surface area contributed by atoms with Gasteiger partial charge in [-0.15, -0.1) is 0 Å². The first kappa shape index (κ1) is 17.5. The van der Waals surface area contributed by atoms with Gasteiger partial charge in [-0.2, -0.15) is 0 Å². The number of phenols is 1. The maximum absolute atomic E-state index is 12.5. The third-order valence-electron chi connectivity index (χ3n) is 3.61. The van der Waals surface area contributed by atoms with Gasteiger partial charge in [-0.25, -0.2) is 9.59 Å². The van der Waals surface area contributed by atoms with Gasteiger partial charge in [-0.1, -0.05) is 36.4 Å². The van der Waals surface area contributed by atoms with Crippen LogP contribution < -0.4 is 10.9 Å². The van der Waals surface area contributed by atoms with Crippen LogP contribution in [-0.4, -0.2) is 16.8 Å². The fraction of sp³-hybridized carbons (Fsp3) is 0.200. The van der Waals surface area contributed by atoms with Crippen molar-refractivity contribution in [1.29, 1.82) is 0 Å². The van der Waals surface area contributed by atoms with Crippen LogP contribution in [0, 0.1) is 0 Å². The van der Waals surface area contributed by atoms with Crippen molar-refractivity contribution in [2.24, 2.45) is 0 Å². The lowest BCUT2D eigenvalue weighted by Gasteiger charge is -2.20. The minimum Gasteiger partial charge on any atom is -0.507 e. The van der Waals surface area contributed by atoms with Crippen LogP contribution in [0.1, 0.15) is 20.8 Å². The Morgan fingerprint density at radius 3 is 2.42 bits per heavy atom. The summed E-state index contributed by atoms with van der Waals surface area (Å²) >= 11 is 0. The molecule has 1 amide bonds. The molecule has 0 bridgehead atoms. The van der Waals surface area contributed by atoms with Crippen LogP contribution in [-0.2, 0) is 4.74 Å². The van der Waals surface area contributed by atoms with Gasteiger partial charge in [0, 0.05) is 16.5 Å². The quantitative estimate of drug-likeness (QED) is 0.662. The highest BCUT2D eigenvalue weighted by Crippen LogP contribution is 2.38. The van der Waals surface area contributed by atoms with Crippen LogP contribution >= 0.6 is 0 Å². The van der Waals surface area contributed by atoms with Crippen molar-refractivity contribution >= 4 is 22.7 Å². The average molecular weight is 353 g/mol. The Morgan fingerprint density at radius 2 is 1.73 bits per heavy atom. The predicted octanol–water partition coefficient (Wildman–Crippen LogP) is 4.51. The molecule has 1 heterocycles. The molecule has 0 aliphatic carbocycles. The highest BCUT2D eigenvalue weighted by atomic mass is 16.6. The lowest BCUT2D eigenvalue weighted by Crippen LogP contribution is -2.29. The summed E-state index contributed by atoms with van der Waals surface area (Å²) in [5.41, 5.74) is -0.405. The summed E-state index contributed by atoms with van der Waals surface area (Å²) in [5, 5.41) is 13.3. The second-order valence-corrected chi connectivity index (χ2v) is 6.78. The van der Waals surface area contributed by atoms with Gasteiger partial charge < -0.3 is 14.3 Å². The summed E-state index contributed by atoms with van der Waals surface area (Å²) in [6.07, 6.45) is -0.781. The molecular formula is C20H19NO5. The normalized spacial score (nSPS) is 11.3. The second-order valence-electron chi connectivity index (χ2n) is 6.78. The van der Waals surface area contributed by atoms with E-state index in [0.29, 0.717) is 22.1 Å². The van der Waals surface area contributed by atoms with Gasteiger partial charge in [0.1, 0.15) is 22.6 Å². The summed E-state index contributed by atoms with van der Waals surface area (Å²) in [6, 6.07) is 13.5. The summed E-state index contributed by atoms with van der Waals surface area (Å²) in [4.78, 5) is 24.7. The maximum atomic E-state index is 12.5. The van der Waals surface area contributed by atoms with Gasteiger partial charge in [0.2, 0.25) is 0 Å². The van der Waals surface area contributed by atoms with Crippen molar-refractivity contribution in [3.8, 4) is 16.9 Å². The molecule has 0 unspecified atom stereocenters. The number of ether oxygens (including phenoxy) is 1. The molecule has 0 atom stereocenters. The summed E-state index contributed by atoms with van der Waals surface area (Å²) in [6.45, 7) is 5.16. The molecule has 0 spiro atoms. The van der Waals surface area contributed by atoms with Crippen LogP contribution in [0.15, 0.2) is 57.7 Å². The Morgan fingerprint density at radius 1 is 1.08 bits per heavy atom. The number of phenolic OH excluding ortho intramolecular Hbond substituents is 1. The molecule has 0 saturated carbocycles. The molecule has 0 fully saturated rings. The maximum Gasteiger partial charge on any atom is 0.412 e. The summed E-state index contributed by atoms with van der Waals surface area (Å²) in [7, 11) is 0. The number of nitrogens with one attached hydrogen (secondary N) is 1. The van der Waals surface area contributed by atoms with Crippen molar-refractivity contribution in [2.75, 3.05) is 5.32 Å². The van der Waals surface area contributed by atoms with Gasteiger partial charge in [0.25, 0.3) is 0 Å². The molecule has 2 aromatic carbocycles. The molecule has 1 aromatic heterocycles. The molecule has 0 aliphatic rings. The number of aromatic hydroxyl groups is 1. The van der Waals surface area contributed by atoms with Crippen LogP contribution in [0.4, 0.5) is 10.5 Å². The molecule has 0 radical (unpaired) electrons. The van der Waals surface area contributed by atoms with E-state index < -0.39 is 17.3 Å². The smallest absolute Gasteiger partial charge is 0.412 e. The highest BCUT2D eigenvalue weighted by Gasteiger charge is 2.23. The van der Waals surface area contributed by atoms with Gasteiger partial charge in [0.05, 0.1) is 0 Å². The third-order valence-corrected chi connectivity index (χ3v) is 3.61. The van der Waals surface area contributed by atoms with Crippen molar-refractivity contribution in [1.82, 2.24) is 0 Å². The number of amides is 1. The lowest BCUT2D eigenvalue weighted by molar-refractivity contribution is 0.0635. The molecule has 3 aromatic rings. The van der Waals surface area contributed by atoms with Crippen molar-refractivity contribution in [2.45, 2.75) is 26.4 Å². The number of rotatable bonds is 2. The molecule has 6 nitrogen and oxygen atoms in total. The van der Waals surface area contributed by atoms with E-state index >= 15 is 0 Å². The number of carbonyl (C=O) groups is 1. The van der Waals surface area contributed by atoms with E-state index in [1.54, 1.807) is 63.2 Å². The highest BCUT2D eigenvalue weighted by molar-refractivity contribution is 6.04. The van der Waals surface area contributed by atoms with Crippen LogP contribution in [0.25, 0.3) is 22.1 Å². The number of fused-ring (bicyclic) bond motifs is 1. The van der Waals surface area contributed by atoms with Crippen molar-refractivity contribution < 1.29 is 19.1 Å². The number of benzene rings is 2. The van der Waals surface area contributed by atoms with E-state index in [2.05, 4.69) is 5.32 Å². The number of para-hydroxylation sites is 2. The standard InChI is InChI=1S/C20H19NO5/c1-20(2,3)26-19(24)21-17-16(12-8-4-6-10-14(12)22)13-9-5-7-11-15(13)25-18(17)23/h4-11,22H,1-3H3,(H,21,24). The summed E-state index contributed by atoms with van der Waals surface area (Å²) in [5.74, 6) is -0.0181. The molecule has 26 heavy (non-hydrogen) atoms. The van der Waals surface area contributed by atoms with Crippen LogP contribution in [0.2, 0.25) is 0 Å². The Kier molecular flexibility index (Phi) is 4.42. The monoisotopic (exact) mass is 353 g/mol. The topological polar surface area (TPSA) is 88.8 Å². The first-order valence-electron chi connectivity index (χ1n) is 8.10. The SMILES string of the molecule is CC(C)(C)OC(=O)Nc1c(-c2ccccc2O)c2ccccc2oc1=O. The Hall–Kier alpha value is -3.28. The van der Waals surface area contributed by atoms with Crippen LogP contribution in [0.5, 0.6) is 5.75 Å². The first-order valence-corrected chi connectivity index (χ1v) is 8.10. The fourth-order valence-corrected chi connectivity index (χ4v) is 2.63. The minimum atomic E-state index is -0.781. The number of hydrogen-bond donors (Lipinski definition) is 2.